The lowest BCUT2D eigenvalue weighted by molar-refractivity contribution is -0.118. The lowest BCUT2D eigenvalue weighted by Gasteiger charge is -2.20. The monoisotopic (exact) mass is 400 g/mol. The van der Waals surface area contributed by atoms with Crippen molar-refractivity contribution in [1.82, 2.24) is 4.98 Å². The molecule has 0 radical (unpaired) electrons. The number of carbonyl (C=O) groups excluding carboxylic acids is 1. The Morgan fingerprint density at radius 3 is 2.21 bits per heavy atom. The molecule has 1 amide bonds. The quantitative estimate of drug-likeness (QED) is 0.393. The number of rotatable bonds is 6. The number of nitrogens with zero attached hydrogens (tertiary/aromatic N) is 2. The molecule has 4 rings (SSSR count). The van der Waals surface area contributed by atoms with Crippen LogP contribution in [0.4, 0.5) is 5.13 Å². The summed E-state index contributed by atoms with van der Waals surface area (Å²) in [5, 5.41) is 0.770. The lowest BCUT2D eigenvalue weighted by atomic mass is 10.1. The summed E-state index contributed by atoms with van der Waals surface area (Å²) in [6, 6.07) is 24.6. The van der Waals surface area contributed by atoms with Gasteiger partial charge in [-0.2, -0.15) is 0 Å². The zero-order valence-corrected chi connectivity index (χ0v) is 17.6. The zero-order valence-electron chi connectivity index (χ0n) is 16.8. The summed E-state index contributed by atoms with van der Waals surface area (Å²) < 4.78 is 1.12. The number of aromatic nitrogens is 1. The van der Waals surface area contributed by atoms with Crippen molar-refractivity contribution in [3.05, 3.63) is 95.1 Å². The van der Waals surface area contributed by atoms with Gasteiger partial charge in [0.2, 0.25) is 5.91 Å². The van der Waals surface area contributed by atoms with Crippen LogP contribution in [0.2, 0.25) is 0 Å². The minimum atomic E-state index is 0.102. The van der Waals surface area contributed by atoms with E-state index >= 15 is 0 Å². The van der Waals surface area contributed by atoms with Crippen LogP contribution in [-0.2, 0) is 17.8 Å². The molecule has 1 heterocycles. The predicted octanol–water partition coefficient (Wildman–Crippen LogP) is 6.08. The summed E-state index contributed by atoms with van der Waals surface area (Å²) in [6.07, 6.45) is 1.19. The Kier molecular flexibility index (Phi) is 5.72. The minimum absolute atomic E-state index is 0.102. The second-order valence-electron chi connectivity index (χ2n) is 7.35. The minimum Gasteiger partial charge on any atom is -0.284 e. The largest absolute Gasteiger partial charge is 0.284 e. The summed E-state index contributed by atoms with van der Waals surface area (Å²) in [6.45, 7) is 4.74. The van der Waals surface area contributed by atoms with E-state index in [1.807, 2.05) is 41.3 Å². The van der Waals surface area contributed by atoms with Crippen molar-refractivity contribution in [2.75, 3.05) is 4.90 Å². The molecule has 0 saturated carbocycles. The second kappa shape index (κ2) is 8.58. The van der Waals surface area contributed by atoms with Crippen LogP contribution in [0.25, 0.3) is 10.2 Å². The standard InChI is InChI=1S/C25H24N2OS/c1-18-15-22-23(16-19(18)2)29-25(26-22)27(17-21-11-7-4-8-12-21)24(28)14-13-20-9-5-3-6-10-20/h3-12,15-16H,13-14,17H2,1-2H3. The van der Waals surface area contributed by atoms with Crippen molar-refractivity contribution in [2.45, 2.75) is 33.2 Å². The molecule has 0 spiro atoms. The average Bonchev–Trinajstić information content (AvgIpc) is 3.14. The molecule has 0 bridgehead atoms. The molecule has 4 heteroatoms. The maximum Gasteiger partial charge on any atom is 0.229 e. The van der Waals surface area contributed by atoms with Crippen LogP contribution in [0.3, 0.4) is 0 Å². The first-order valence-electron chi connectivity index (χ1n) is 9.86. The fourth-order valence-electron chi connectivity index (χ4n) is 3.34. The predicted molar refractivity (Wildman–Crippen MR) is 121 cm³/mol. The third-order valence-electron chi connectivity index (χ3n) is 5.18. The van der Waals surface area contributed by atoms with Crippen LogP contribution in [-0.4, -0.2) is 10.9 Å². The van der Waals surface area contributed by atoms with E-state index in [-0.39, 0.29) is 5.91 Å². The first-order chi connectivity index (χ1) is 14.1. The third kappa shape index (κ3) is 4.54. The number of benzene rings is 3. The summed E-state index contributed by atoms with van der Waals surface area (Å²) >= 11 is 1.59. The molecule has 29 heavy (non-hydrogen) atoms. The number of aryl methyl sites for hydroxylation is 3. The number of thiazole rings is 1. The van der Waals surface area contributed by atoms with E-state index in [4.69, 9.17) is 4.98 Å². The van der Waals surface area contributed by atoms with Gasteiger partial charge in [-0.3, -0.25) is 9.69 Å². The number of carbonyl (C=O) groups is 1. The van der Waals surface area contributed by atoms with Gasteiger partial charge in [0.1, 0.15) is 0 Å². The van der Waals surface area contributed by atoms with E-state index in [9.17, 15) is 4.79 Å². The Morgan fingerprint density at radius 2 is 1.52 bits per heavy atom. The van der Waals surface area contributed by atoms with Crippen molar-refractivity contribution < 1.29 is 4.79 Å². The van der Waals surface area contributed by atoms with Gasteiger partial charge in [-0.15, -0.1) is 0 Å². The molecule has 0 N–H and O–H groups in total. The third-order valence-corrected chi connectivity index (χ3v) is 6.22. The van der Waals surface area contributed by atoms with Crippen molar-refractivity contribution in [1.29, 1.82) is 0 Å². The smallest absolute Gasteiger partial charge is 0.229 e. The molecule has 3 nitrogen and oxygen atoms in total. The second-order valence-corrected chi connectivity index (χ2v) is 8.36. The van der Waals surface area contributed by atoms with Gasteiger partial charge in [-0.05, 0) is 54.7 Å². The number of amides is 1. The van der Waals surface area contributed by atoms with E-state index in [0.717, 1.165) is 27.3 Å². The van der Waals surface area contributed by atoms with Crippen LogP contribution in [0.5, 0.6) is 0 Å². The van der Waals surface area contributed by atoms with Crippen LogP contribution < -0.4 is 4.90 Å². The van der Waals surface area contributed by atoms with Crippen molar-refractivity contribution >= 4 is 32.6 Å². The SMILES string of the molecule is Cc1cc2nc(N(Cc3ccccc3)C(=O)CCc3ccccc3)sc2cc1C. The zero-order chi connectivity index (χ0) is 20.2. The highest BCUT2D eigenvalue weighted by atomic mass is 32.1. The highest BCUT2D eigenvalue weighted by Gasteiger charge is 2.20. The molecule has 0 aliphatic carbocycles. The van der Waals surface area contributed by atoms with E-state index in [0.29, 0.717) is 13.0 Å². The van der Waals surface area contributed by atoms with Gasteiger partial charge in [-0.1, -0.05) is 72.0 Å². The van der Waals surface area contributed by atoms with Crippen LogP contribution in [0.15, 0.2) is 72.8 Å². The molecular formula is C25H24N2OS. The van der Waals surface area contributed by atoms with Crippen molar-refractivity contribution in [3.8, 4) is 0 Å². The Labute approximate surface area is 175 Å². The average molecular weight is 401 g/mol. The van der Waals surface area contributed by atoms with Crippen LogP contribution in [0, 0.1) is 13.8 Å². The van der Waals surface area contributed by atoms with Gasteiger partial charge in [0.05, 0.1) is 16.8 Å². The maximum atomic E-state index is 13.2. The Hall–Kier alpha value is -2.98. The molecule has 0 aliphatic heterocycles. The summed E-state index contributed by atoms with van der Waals surface area (Å²) in [5.41, 5.74) is 5.71. The van der Waals surface area contributed by atoms with Crippen LogP contribution in [0.1, 0.15) is 28.7 Å². The van der Waals surface area contributed by atoms with Crippen molar-refractivity contribution in [2.24, 2.45) is 0 Å². The summed E-state index contributed by atoms with van der Waals surface area (Å²) in [7, 11) is 0. The Morgan fingerprint density at radius 1 is 0.897 bits per heavy atom. The number of hydrogen-bond acceptors (Lipinski definition) is 3. The Balaban J connectivity index is 1.63. The molecule has 0 fully saturated rings. The number of fused-ring (bicyclic) bond motifs is 1. The van der Waals surface area contributed by atoms with Gasteiger partial charge in [0, 0.05) is 6.42 Å². The van der Waals surface area contributed by atoms with E-state index in [1.54, 1.807) is 11.3 Å². The van der Waals surface area contributed by atoms with E-state index in [1.165, 1.54) is 16.7 Å². The molecule has 0 unspecified atom stereocenters. The first kappa shape index (κ1) is 19.3. The summed E-state index contributed by atoms with van der Waals surface area (Å²) in [5.74, 6) is 0.102. The highest BCUT2D eigenvalue weighted by molar-refractivity contribution is 7.22. The fraction of sp³-hybridized carbons (Fsp3) is 0.200. The fourth-order valence-corrected chi connectivity index (χ4v) is 4.40. The molecule has 146 valence electrons. The first-order valence-corrected chi connectivity index (χ1v) is 10.7. The van der Waals surface area contributed by atoms with E-state index < -0.39 is 0 Å². The normalized spacial score (nSPS) is 11.0. The lowest BCUT2D eigenvalue weighted by Crippen LogP contribution is -2.30. The van der Waals surface area contributed by atoms with Gasteiger partial charge >= 0.3 is 0 Å². The van der Waals surface area contributed by atoms with Gasteiger partial charge in [-0.25, -0.2) is 4.98 Å². The molecule has 0 atom stereocenters. The molecule has 3 aromatic carbocycles. The topological polar surface area (TPSA) is 33.2 Å². The van der Waals surface area contributed by atoms with Gasteiger partial charge in [0.25, 0.3) is 0 Å². The van der Waals surface area contributed by atoms with Gasteiger partial charge < -0.3 is 0 Å². The number of anilines is 1. The van der Waals surface area contributed by atoms with Gasteiger partial charge in [0.15, 0.2) is 5.13 Å². The Bertz CT molecular complexity index is 1080. The molecule has 1 aromatic heterocycles. The highest BCUT2D eigenvalue weighted by Crippen LogP contribution is 2.32. The molecule has 0 aliphatic rings. The van der Waals surface area contributed by atoms with Crippen molar-refractivity contribution in [3.63, 3.8) is 0 Å². The summed E-state index contributed by atoms with van der Waals surface area (Å²) in [4.78, 5) is 19.9. The number of hydrogen-bond donors (Lipinski definition) is 0. The maximum absolute atomic E-state index is 13.2. The molecular weight excluding hydrogens is 376 g/mol. The van der Waals surface area contributed by atoms with Crippen LogP contribution >= 0.6 is 11.3 Å². The van der Waals surface area contributed by atoms with E-state index in [2.05, 4.69) is 50.2 Å². The molecule has 4 aromatic rings. The molecule has 0 saturated heterocycles.